The standard InChI is InChI=1S/C43H73NO6/c1-15-37(45)19-17-21-44-40-32(10)30(8)38(34(12)46-40)48-41-33(11)31(9)39(35(13)47-41)49-42-27(5)25(3)23-43(14,50-42)20-16-18-36-22-24(2)26(4)28(6)29(36)7/h22,25,27,30-35,38-42,44H,15-21,23H2,1-14H3. The first kappa shape index (κ1) is 41.4. The van der Waals surface area contributed by atoms with Crippen molar-refractivity contribution in [2.75, 3.05) is 6.54 Å². The maximum absolute atomic E-state index is 11.7. The average molecular weight is 700 g/mol. The molecular weight excluding hydrogens is 626 g/mol. The third-order valence-electron chi connectivity index (χ3n) is 13.4. The van der Waals surface area contributed by atoms with Crippen LogP contribution in [0.2, 0.25) is 0 Å². The van der Waals surface area contributed by atoms with Crippen LogP contribution in [0.1, 0.15) is 136 Å². The van der Waals surface area contributed by atoms with E-state index in [0.717, 1.165) is 38.6 Å². The van der Waals surface area contributed by atoms with Gasteiger partial charge in [-0.2, -0.15) is 0 Å². The summed E-state index contributed by atoms with van der Waals surface area (Å²) >= 11 is 0. The van der Waals surface area contributed by atoms with Gasteiger partial charge < -0.3 is 23.7 Å². The second-order valence-electron chi connectivity index (χ2n) is 17.1. The molecule has 3 saturated heterocycles. The lowest BCUT2D eigenvalue weighted by Gasteiger charge is -2.51. The third-order valence-corrected chi connectivity index (χ3v) is 13.4. The molecule has 0 saturated carbocycles. The summed E-state index contributed by atoms with van der Waals surface area (Å²) in [5, 5.41) is 3.55. The number of rotatable bonds is 14. The fourth-order valence-electron chi connectivity index (χ4n) is 8.79. The van der Waals surface area contributed by atoms with Crippen LogP contribution in [0.25, 0.3) is 0 Å². The number of nitrogens with one attached hydrogen (secondary N) is 1. The zero-order valence-corrected chi connectivity index (χ0v) is 34.2. The molecule has 4 rings (SSSR count). The number of hydrogen-bond acceptors (Lipinski definition) is 7. The molecule has 0 radical (unpaired) electrons. The summed E-state index contributed by atoms with van der Waals surface area (Å²) in [6.07, 6.45) is 5.28. The fourth-order valence-corrected chi connectivity index (χ4v) is 8.79. The normalized spacial score (nSPS) is 39.4. The van der Waals surface area contributed by atoms with Crippen molar-refractivity contribution in [3.05, 3.63) is 33.9 Å². The quantitative estimate of drug-likeness (QED) is 0.194. The van der Waals surface area contributed by atoms with Gasteiger partial charge in [0.25, 0.3) is 0 Å². The van der Waals surface area contributed by atoms with E-state index in [2.05, 4.69) is 101 Å². The summed E-state index contributed by atoms with van der Waals surface area (Å²) in [6.45, 7) is 31.9. The first-order chi connectivity index (χ1) is 23.5. The van der Waals surface area contributed by atoms with E-state index in [1.807, 2.05) is 6.92 Å². The number of Topliss-reactive ketones (excluding diaryl/α,β-unsaturated/α-hetero) is 1. The Kier molecular flexibility index (Phi) is 14.6. The Bertz CT molecular complexity index is 1270. The van der Waals surface area contributed by atoms with E-state index in [4.69, 9.17) is 23.7 Å². The molecule has 14 unspecified atom stereocenters. The molecule has 1 aromatic carbocycles. The Balaban J connectivity index is 1.33. The summed E-state index contributed by atoms with van der Waals surface area (Å²) in [5.41, 5.74) is 6.92. The number of ketones is 1. The van der Waals surface area contributed by atoms with Crippen molar-refractivity contribution >= 4 is 5.78 Å². The van der Waals surface area contributed by atoms with Gasteiger partial charge in [0.15, 0.2) is 12.6 Å². The van der Waals surface area contributed by atoms with E-state index < -0.39 is 0 Å². The SMILES string of the molecule is CCC(=O)CCCNC1OC(C)C(OC2OC(C)C(OC3OC(C)(CCCc4cc(C)c(C)c(C)c4C)CC(C)C3C)C(C)C2C)C(C)C1C. The maximum Gasteiger partial charge on any atom is 0.161 e. The Morgan fingerprint density at radius 1 is 0.800 bits per heavy atom. The minimum absolute atomic E-state index is 0.0532. The van der Waals surface area contributed by atoms with Crippen LogP contribution >= 0.6 is 0 Å². The van der Waals surface area contributed by atoms with Crippen LogP contribution < -0.4 is 5.32 Å². The predicted molar refractivity (Wildman–Crippen MR) is 202 cm³/mol. The number of ether oxygens (including phenoxy) is 5. The molecule has 0 bridgehead atoms. The Morgan fingerprint density at radius 3 is 2.08 bits per heavy atom. The molecule has 3 aliphatic rings. The molecule has 7 nitrogen and oxygen atoms in total. The molecule has 1 aromatic rings. The Hall–Kier alpha value is -1.35. The van der Waals surface area contributed by atoms with Crippen molar-refractivity contribution in [1.82, 2.24) is 5.32 Å². The summed E-state index contributed by atoms with van der Waals surface area (Å²) in [5.74, 6) is 2.03. The Labute approximate surface area is 305 Å². The fraction of sp³-hybridized carbons (Fsp3) is 0.837. The number of benzene rings is 1. The van der Waals surface area contributed by atoms with Crippen molar-refractivity contribution in [2.24, 2.45) is 35.5 Å². The Morgan fingerprint density at radius 2 is 1.42 bits per heavy atom. The zero-order chi connectivity index (χ0) is 37.1. The van der Waals surface area contributed by atoms with Crippen molar-refractivity contribution in [2.45, 2.75) is 191 Å². The molecule has 0 aliphatic carbocycles. The molecule has 14 atom stereocenters. The van der Waals surface area contributed by atoms with Gasteiger partial charge >= 0.3 is 0 Å². The second kappa shape index (κ2) is 17.6. The van der Waals surface area contributed by atoms with E-state index in [9.17, 15) is 4.79 Å². The van der Waals surface area contributed by atoms with Gasteiger partial charge in [0.2, 0.25) is 0 Å². The van der Waals surface area contributed by atoms with Crippen molar-refractivity contribution < 1.29 is 28.5 Å². The molecule has 7 heteroatoms. The number of carbonyl (C=O) groups excluding carboxylic acids is 1. The molecule has 50 heavy (non-hydrogen) atoms. The summed E-state index contributed by atoms with van der Waals surface area (Å²) in [7, 11) is 0. The summed E-state index contributed by atoms with van der Waals surface area (Å²) in [6, 6.07) is 2.39. The molecule has 3 heterocycles. The van der Waals surface area contributed by atoms with Crippen LogP contribution in [0, 0.1) is 63.2 Å². The maximum atomic E-state index is 11.7. The van der Waals surface area contributed by atoms with Crippen LogP contribution in [0.5, 0.6) is 0 Å². The minimum atomic E-state index is -0.332. The first-order valence-electron chi connectivity index (χ1n) is 20.1. The average Bonchev–Trinajstić information content (AvgIpc) is 3.07. The molecule has 0 amide bonds. The number of aryl methyl sites for hydroxylation is 2. The van der Waals surface area contributed by atoms with Gasteiger partial charge in [0.05, 0.1) is 30.0 Å². The highest BCUT2D eigenvalue weighted by Crippen LogP contribution is 2.43. The molecule has 0 spiro atoms. The molecule has 1 N–H and O–H groups in total. The van der Waals surface area contributed by atoms with Crippen LogP contribution in [-0.2, 0) is 34.9 Å². The molecule has 0 aromatic heterocycles. The van der Waals surface area contributed by atoms with Gasteiger partial charge in [-0.15, -0.1) is 0 Å². The molecule has 286 valence electrons. The van der Waals surface area contributed by atoms with Crippen molar-refractivity contribution in [1.29, 1.82) is 0 Å². The lowest BCUT2D eigenvalue weighted by Crippen LogP contribution is -2.58. The van der Waals surface area contributed by atoms with Crippen molar-refractivity contribution in [3.63, 3.8) is 0 Å². The van der Waals surface area contributed by atoms with Crippen LogP contribution in [0.4, 0.5) is 0 Å². The monoisotopic (exact) mass is 700 g/mol. The predicted octanol–water partition coefficient (Wildman–Crippen LogP) is 9.17. The number of carbonyl (C=O) groups is 1. The van der Waals surface area contributed by atoms with E-state index in [0.29, 0.717) is 30.5 Å². The second-order valence-corrected chi connectivity index (χ2v) is 17.1. The van der Waals surface area contributed by atoms with Gasteiger partial charge in [-0.05, 0) is 133 Å². The molecular formula is C43H73NO6. The molecule has 3 aliphatic heterocycles. The van der Waals surface area contributed by atoms with Crippen LogP contribution in [0.3, 0.4) is 0 Å². The lowest BCUT2D eigenvalue weighted by atomic mass is 9.78. The summed E-state index contributed by atoms with van der Waals surface area (Å²) in [4.78, 5) is 11.7. The molecule has 3 fully saturated rings. The van der Waals surface area contributed by atoms with Gasteiger partial charge in [0.1, 0.15) is 12.0 Å². The number of hydrogen-bond donors (Lipinski definition) is 1. The highest BCUT2D eigenvalue weighted by Gasteiger charge is 2.49. The van der Waals surface area contributed by atoms with Gasteiger partial charge in [0, 0.05) is 30.6 Å². The summed E-state index contributed by atoms with van der Waals surface area (Å²) < 4.78 is 33.8. The lowest BCUT2D eigenvalue weighted by molar-refractivity contribution is -0.342. The van der Waals surface area contributed by atoms with E-state index in [1.54, 1.807) is 0 Å². The van der Waals surface area contributed by atoms with Crippen LogP contribution in [-0.4, -0.2) is 61.2 Å². The minimum Gasteiger partial charge on any atom is -0.357 e. The van der Waals surface area contributed by atoms with E-state index >= 15 is 0 Å². The third kappa shape index (κ3) is 9.60. The largest absolute Gasteiger partial charge is 0.357 e. The highest BCUT2D eigenvalue weighted by molar-refractivity contribution is 5.77. The smallest absolute Gasteiger partial charge is 0.161 e. The van der Waals surface area contributed by atoms with Gasteiger partial charge in [-0.1, -0.05) is 54.5 Å². The van der Waals surface area contributed by atoms with Gasteiger partial charge in [-0.3, -0.25) is 10.1 Å². The highest BCUT2D eigenvalue weighted by atomic mass is 16.7. The van der Waals surface area contributed by atoms with Crippen molar-refractivity contribution in [3.8, 4) is 0 Å². The zero-order valence-electron chi connectivity index (χ0n) is 34.2. The van der Waals surface area contributed by atoms with E-state index in [1.165, 1.54) is 27.8 Å². The topological polar surface area (TPSA) is 75.3 Å². The van der Waals surface area contributed by atoms with Crippen LogP contribution in [0.15, 0.2) is 6.07 Å². The first-order valence-corrected chi connectivity index (χ1v) is 20.1. The van der Waals surface area contributed by atoms with E-state index in [-0.39, 0.29) is 72.5 Å². The van der Waals surface area contributed by atoms with Gasteiger partial charge in [-0.25, -0.2) is 0 Å².